The number of likely N-dealkylation sites (N-methyl/N-ethyl adjacent to an activating group) is 1. The van der Waals surface area contributed by atoms with Crippen molar-refractivity contribution in [2.24, 2.45) is 11.3 Å². The number of nitrogens with one attached hydrogen (secondary N) is 1. The molecule has 17 heavy (non-hydrogen) atoms. The van der Waals surface area contributed by atoms with Crippen LogP contribution in [-0.4, -0.2) is 13.1 Å². The van der Waals surface area contributed by atoms with E-state index < -0.39 is 0 Å². The lowest BCUT2D eigenvalue weighted by molar-refractivity contribution is 0.161. The minimum Gasteiger partial charge on any atom is -0.469 e. The first-order chi connectivity index (χ1) is 8.11. The fourth-order valence-corrected chi connectivity index (χ4v) is 2.97. The van der Waals surface area contributed by atoms with Gasteiger partial charge in [-0.25, -0.2) is 0 Å². The van der Waals surface area contributed by atoms with Gasteiger partial charge in [-0.05, 0) is 56.2 Å². The van der Waals surface area contributed by atoms with Gasteiger partial charge in [0.05, 0.1) is 6.26 Å². The molecule has 0 amide bonds. The summed E-state index contributed by atoms with van der Waals surface area (Å²) < 4.78 is 5.46. The van der Waals surface area contributed by atoms with Crippen LogP contribution in [0.15, 0.2) is 22.8 Å². The molecule has 0 bridgehead atoms. The first kappa shape index (κ1) is 12.7. The maximum absolute atomic E-state index is 5.46. The van der Waals surface area contributed by atoms with Crippen molar-refractivity contribution in [1.29, 1.82) is 0 Å². The highest BCUT2D eigenvalue weighted by atomic mass is 16.3. The van der Waals surface area contributed by atoms with E-state index >= 15 is 0 Å². The van der Waals surface area contributed by atoms with Crippen molar-refractivity contribution < 1.29 is 4.42 Å². The minimum atomic E-state index is 0.555. The van der Waals surface area contributed by atoms with E-state index in [1.807, 2.05) is 6.07 Å². The molecule has 1 atom stereocenters. The second-order valence-electron chi connectivity index (χ2n) is 6.18. The van der Waals surface area contributed by atoms with Crippen LogP contribution in [0.5, 0.6) is 0 Å². The van der Waals surface area contributed by atoms with E-state index in [0.717, 1.165) is 18.1 Å². The van der Waals surface area contributed by atoms with Crippen molar-refractivity contribution in [2.45, 2.75) is 52.0 Å². The normalized spacial score (nSPS) is 22.5. The van der Waals surface area contributed by atoms with Crippen LogP contribution in [0.2, 0.25) is 0 Å². The van der Waals surface area contributed by atoms with Gasteiger partial charge in [-0.2, -0.15) is 0 Å². The quantitative estimate of drug-likeness (QED) is 0.862. The highest BCUT2D eigenvalue weighted by Crippen LogP contribution is 2.39. The molecule has 1 N–H and O–H groups in total. The zero-order chi connectivity index (χ0) is 12.3. The van der Waals surface area contributed by atoms with Crippen molar-refractivity contribution in [1.82, 2.24) is 5.32 Å². The van der Waals surface area contributed by atoms with E-state index in [0.29, 0.717) is 11.5 Å². The van der Waals surface area contributed by atoms with Gasteiger partial charge >= 0.3 is 0 Å². The maximum Gasteiger partial charge on any atom is 0.105 e. The second kappa shape index (κ2) is 5.26. The zero-order valence-corrected chi connectivity index (χ0v) is 11.3. The third-order valence-electron chi connectivity index (χ3n) is 4.32. The van der Waals surface area contributed by atoms with Crippen LogP contribution in [0.25, 0.3) is 0 Å². The van der Waals surface area contributed by atoms with E-state index in [1.54, 1.807) is 6.26 Å². The molecule has 96 valence electrons. The molecule has 2 nitrogen and oxygen atoms in total. The van der Waals surface area contributed by atoms with E-state index in [2.05, 4.69) is 32.3 Å². The first-order valence-corrected chi connectivity index (χ1v) is 6.80. The number of hydrogen-bond donors (Lipinski definition) is 1. The van der Waals surface area contributed by atoms with Crippen molar-refractivity contribution in [3.63, 3.8) is 0 Å². The van der Waals surface area contributed by atoms with E-state index in [9.17, 15) is 0 Å². The summed E-state index contributed by atoms with van der Waals surface area (Å²) >= 11 is 0. The summed E-state index contributed by atoms with van der Waals surface area (Å²) in [5.41, 5.74) is 0.555. The summed E-state index contributed by atoms with van der Waals surface area (Å²) in [5, 5.41) is 3.48. The molecule has 2 rings (SSSR count). The monoisotopic (exact) mass is 235 g/mol. The molecule has 1 heterocycles. The smallest absolute Gasteiger partial charge is 0.105 e. The van der Waals surface area contributed by atoms with Crippen LogP contribution in [0.1, 0.15) is 45.3 Å². The van der Waals surface area contributed by atoms with Crippen molar-refractivity contribution in [3.8, 4) is 0 Å². The molecule has 0 saturated heterocycles. The third kappa shape index (κ3) is 3.35. The SMILES string of the molecule is CNC(Cc1ccco1)C1CCC(C)(C)CC1. The van der Waals surface area contributed by atoms with Crippen LogP contribution < -0.4 is 5.32 Å². The molecule has 2 heteroatoms. The predicted octanol–water partition coefficient (Wildman–Crippen LogP) is 3.63. The lowest BCUT2D eigenvalue weighted by Crippen LogP contribution is -2.38. The molecule has 0 radical (unpaired) electrons. The van der Waals surface area contributed by atoms with Crippen LogP contribution in [0.3, 0.4) is 0 Å². The largest absolute Gasteiger partial charge is 0.469 e. The highest BCUT2D eigenvalue weighted by molar-refractivity contribution is 5.01. The second-order valence-corrected chi connectivity index (χ2v) is 6.18. The Labute approximate surface area is 105 Å². The summed E-state index contributed by atoms with van der Waals surface area (Å²) in [6.45, 7) is 4.79. The van der Waals surface area contributed by atoms with Gasteiger partial charge in [-0.1, -0.05) is 13.8 Å². The Kier molecular flexibility index (Phi) is 3.93. The molecule has 0 aliphatic heterocycles. The Balaban J connectivity index is 1.91. The first-order valence-electron chi connectivity index (χ1n) is 6.80. The Hall–Kier alpha value is -0.760. The van der Waals surface area contributed by atoms with E-state index in [-0.39, 0.29) is 0 Å². The summed E-state index contributed by atoms with van der Waals surface area (Å²) in [6.07, 6.45) is 8.20. The average Bonchev–Trinajstić information content (AvgIpc) is 2.79. The maximum atomic E-state index is 5.46. The Morgan fingerprint density at radius 2 is 2.12 bits per heavy atom. The third-order valence-corrected chi connectivity index (χ3v) is 4.32. The lowest BCUT2D eigenvalue weighted by Gasteiger charge is -2.37. The number of furan rings is 1. The van der Waals surface area contributed by atoms with Gasteiger partial charge in [0.1, 0.15) is 5.76 Å². The van der Waals surface area contributed by atoms with Gasteiger partial charge in [0.2, 0.25) is 0 Å². The predicted molar refractivity (Wildman–Crippen MR) is 71.0 cm³/mol. The molecule has 1 aliphatic rings. The molecular weight excluding hydrogens is 210 g/mol. The Bertz CT molecular complexity index is 319. The fraction of sp³-hybridized carbons (Fsp3) is 0.733. The van der Waals surface area contributed by atoms with Crippen molar-refractivity contribution in [3.05, 3.63) is 24.2 Å². The summed E-state index contributed by atoms with van der Waals surface area (Å²) in [5.74, 6) is 1.91. The number of hydrogen-bond acceptors (Lipinski definition) is 2. The van der Waals surface area contributed by atoms with Gasteiger partial charge < -0.3 is 9.73 Å². The molecule has 0 aromatic carbocycles. The fourth-order valence-electron chi connectivity index (χ4n) is 2.97. The van der Waals surface area contributed by atoms with Gasteiger partial charge in [0.25, 0.3) is 0 Å². The lowest BCUT2D eigenvalue weighted by atomic mass is 9.70. The van der Waals surface area contributed by atoms with Crippen molar-refractivity contribution >= 4 is 0 Å². The van der Waals surface area contributed by atoms with Gasteiger partial charge in [0.15, 0.2) is 0 Å². The van der Waals surface area contributed by atoms with Gasteiger partial charge in [0, 0.05) is 12.5 Å². The topological polar surface area (TPSA) is 25.2 Å². The Morgan fingerprint density at radius 1 is 1.41 bits per heavy atom. The van der Waals surface area contributed by atoms with Crippen LogP contribution >= 0.6 is 0 Å². The van der Waals surface area contributed by atoms with Gasteiger partial charge in [-0.3, -0.25) is 0 Å². The van der Waals surface area contributed by atoms with Crippen LogP contribution in [-0.2, 0) is 6.42 Å². The molecular formula is C15H25NO. The van der Waals surface area contributed by atoms with Crippen molar-refractivity contribution in [2.75, 3.05) is 7.05 Å². The summed E-state index contributed by atoms with van der Waals surface area (Å²) in [6, 6.07) is 4.63. The van der Waals surface area contributed by atoms with Crippen LogP contribution in [0.4, 0.5) is 0 Å². The van der Waals surface area contributed by atoms with E-state index in [1.165, 1.54) is 25.7 Å². The zero-order valence-electron chi connectivity index (χ0n) is 11.3. The van der Waals surface area contributed by atoms with E-state index in [4.69, 9.17) is 4.42 Å². The van der Waals surface area contributed by atoms with Gasteiger partial charge in [-0.15, -0.1) is 0 Å². The molecule has 1 aliphatic carbocycles. The average molecular weight is 235 g/mol. The molecule has 1 fully saturated rings. The highest BCUT2D eigenvalue weighted by Gasteiger charge is 2.31. The molecule has 1 saturated carbocycles. The Morgan fingerprint density at radius 3 is 2.65 bits per heavy atom. The minimum absolute atomic E-state index is 0.555. The van der Waals surface area contributed by atoms with Crippen LogP contribution in [0, 0.1) is 11.3 Å². The number of rotatable bonds is 4. The molecule has 1 aromatic heterocycles. The molecule has 1 unspecified atom stereocenters. The molecule has 1 aromatic rings. The summed E-state index contributed by atoms with van der Waals surface area (Å²) in [7, 11) is 2.08. The standard InChI is InChI=1S/C15H25NO/c1-15(2)8-6-12(7-9-15)14(16-3)11-13-5-4-10-17-13/h4-5,10,12,14,16H,6-9,11H2,1-3H3. The summed E-state index contributed by atoms with van der Waals surface area (Å²) in [4.78, 5) is 0. The molecule has 0 spiro atoms.